The summed E-state index contributed by atoms with van der Waals surface area (Å²) in [5.41, 5.74) is 11.0. The number of rotatable bonds is 16. The van der Waals surface area contributed by atoms with Gasteiger partial charge in [-0.05, 0) is 138 Å². The maximum atomic E-state index is 15.3. The van der Waals surface area contributed by atoms with Gasteiger partial charge in [0.25, 0.3) is 0 Å². The average Bonchev–Trinajstić information content (AvgIpc) is 3.39. The molecule has 0 radical (unpaired) electrons. The number of aromatic nitrogens is 2. The highest BCUT2D eigenvalue weighted by Gasteiger charge is 2.26. The molecule has 11 heteroatoms. The molecule has 344 valence electrons. The predicted octanol–water partition coefficient (Wildman–Crippen LogP) is 9.40. The third kappa shape index (κ3) is 10.3. The van der Waals surface area contributed by atoms with Crippen molar-refractivity contribution in [2.75, 3.05) is 112 Å². The van der Waals surface area contributed by atoms with Crippen LogP contribution in [0, 0.1) is 11.8 Å². The molecule has 6 heterocycles. The van der Waals surface area contributed by atoms with Crippen LogP contribution in [-0.2, 0) is 9.47 Å². The first-order valence-corrected chi connectivity index (χ1v) is 24.8. The maximum Gasteiger partial charge on any atom is 0.197 e. The minimum absolute atomic E-state index is 0.0000630. The van der Waals surface area contributed by atoms with Gasteiger partial charge in [-0.3, -0.25) is 4.79 Å². The highest BCUT2D eigenvalue weighted by molar-refractivity contribution is 6.16. The van der Waals surface area contributed by atoms with Crippen LogP contribution in [0.3, 0.4) is 0 Å². The standard InChI is InChI=1S/C55H66N8O3/c64-55(45-19-17-41(33-53(45)62-25-29-65-30-26-62)49-35-51(43-13-1-3-15-47(43)60-49)58-23-7-11-39-9-5-21-56-37-39)46-20-18-42(34-54(46)63-27-31-66-32-28-63)50-36-52(44-14-2-4-16-48(44)61-50)59-24-8-12-40-10-6-22-57-38-40/h1-4,13-20,33-36,39-40,56-57H,5-12,21-32,37-38H2,(H,58,60)(H,59,61). The first-order chi connectivity index (χ1) is 32.6. The van der Waals surface area contributed by atoms with E-state index in [1.807, 2.05) is 12.1 Å². The van der Waals surface area contributed by atoms with Crippen molar-refractivity contribution in [1.29, 1.82) is 0 Å². The number of piperidine rings is 2. The molecule has 2 aromatic heterocycles. The summed E-state index contributed by atoms with van der Waals surface area (Å²) in [6.45, 7) is 11.6. The van der Waals surface area contributed by atoms with E-state index in [0.29, 0.717) is 63.7 Å². The number of carbonyl (C=O) groups is 1. The van der Waals surface area contributed by atoms with E-state index >= 15 is 4.79 Å². The van der Waals surface area contributed by atoms with Crippen molar-refractivity contribution >= 4 is 50.3 Å². The monoisotopic (exact) mass is 887 g/mol. The van der Waals surface area contributed by atoms with Crippen LogP contribution in [0.15, 0.2) is 97.1 Å². The molecule has 6 aromatic rings. The topological polar surface area (TPSA) is 116 Å². The number of benzene rings is 4. The molecular weight excluding hydrogens is 821 g/mol. The van der Waals surface area contributed by atoms with Gasteiger partial charge in [-0.2, -0.15) is 0 Å². The number of carbonyl (C=O) groups excluding carboxylic acids is 1. The normalized spacial score (nSPS) is 19.3. The molecule has 2 unspecified atom stereocenters. The van der Waals surface area contributed by atoms with Gasteiger partial charge in [0.1, 0.15) is 0 Å². The second-order valence-electron chi connectivity index (χ2n) is 18.7. The molecule has 0 aliphatic carbocycles. The first-order valence-electron chi connectivity index (χ1n) is 24.8. The molecule has 4 aromatic carbocycles. The van der Waals surface area contributed by atoms with Crippen LogP contribution < -0.4 is 31.1 Å². The Kier molecular flexibility index (Phi) is 14.3. The van der Waals surface area contributed by atoms with Crippen molar-refractivity contribution in [1.82, 2.24) is 20.6 Å². The highest BCUT2D eigenvalue weighted by atomic mass is 16.5. The third-order valence-corrected chi connectivity index (χ3v) is 14.2. The molecule has 4 aliphatic rings. The SMILES string of the molecule is O=C(c1ccc(-c2cc(NCCCC3CCCNC3)c3ccccc3n2)cc1N1CCOCC1)c1ccc(-c2cc(NCCCC3CCCNC3)c3ccccc3n2)cc1N1CCOCC1. The van der Waals surface area contributed by atoms with Gasteiger partial charge in [-0.15, -0.1) is 0 Å². The zero-order valence-electron chi connectivity index (χ0n) is 38.5. The number of nitrogens with one attached hydrogen (secondary N) is 4. The van der Waals surface area contributed by atoms with Gasteiger partial charge < -0.3 is 40.5 Å². The van der Waals surface area contributed by atoms with Crippen molar-refractivity contribution in [3.05, 3.63) is 108 Å². The molecule has 2 atom stereocenters. The minimum atomic E-state index is 0.0000630. The molecule has 10 rings (SSSR count). The van der Waals surface area contributed by atoms with Crippen molar-refractivity contribution in [3.8, 4) is 22.5 Å². The van der Waals surface area contributed by atoms with Crippen LogP contribution >= 0.6 is 0 Å². The fourth-order valence-electron chi connectivity index (χ4n) is 10.6. The lowest BCUT2D eigenvalue weighted by atomic mass is 9.94. The van der Waals surface area contributed by atoms with E-state index in [4.69, 9.17) is 19.4 Å². The van der Waals surface area contributed by atoms with E-state index in [9.17, 15) is 0 Å². The number of hydrogen-bond acceptors (Lipinski definition) is 11. The number of para-hydroxylation sites is 2. The molecule has 4 N–H and O–H groups in total. The number of anilines is 4. The van der Waals surface area contributed by atoms with Crippen LogP contribution in [-0.4, -0.2) is 108 Å². The minimum Gasteiger partial charge on any atom is -0.384 e. The molecule has 11 nitrogen and oxygen atoms in total. The van der Waals surface area contributed by atoms with Crippen molar-refractivity contribution in [3.63, 3.8) is 0 Å². The quantitative estimate of drug-likeness (QED) is 0.0551. The second-order valence-corrected chi connectivity index (χ2v) is 18.7. The molecule has 0 spiro atoms. The summed E-state index contributed by atoms with van der Waals surface area (Å²) < 4.78 is 11.7. The zero-order chi connectivity index (χ0) is 44.5. The summed E-state index contributed by atoms with van der Waals surface area (Å²) in [4.78, 5) is 30.3. The van der Waals surface area contributed by atoms with Gasteiger partial charge in [0.05, 0.1) is 48.8 Å². The second kappa shape index (κ2) is 21.4. The number of morpholine rings is 2. The Balaban J connectivity index is 0.962. The number of ether oxygens (including phenoxy) is 2. The molecule has 0 saturated carbocycles. The summed E-state index contributed by atoms with van der Waals surface area (Å²) in [5, 5.41) is 16.9. The Morgan fingerprint density at radius 1 is 0.591 bits per heavy atom. The van der Waals surface area contributed by atoms with Gasteiger partial charge >= 0.3 is 0 Å². The highest BCUT2D eigenvalue weighted by Crippen LogP contribution is 2.37. The van der Waals surface area contributed by atoms with Crippen LogP contribution in [0.5, 0.6) is 0 Å². The fourth-order valence-corrected chi connectivity index (χ4v) is 10.6. The fraction of sp³-hybridized carbons (Fsp3) is 0.436. The lowest BCUT2D eigenvalue weighted by Crippen LogP contribution is -2.38. The Morgan fingerprint density at radius 3 is 1.48 bits per heavy atom. The van der Waals surface area contributed by atoms with E-state index in [0.717, 1.165) is 131 Å². The Morgan fingerprint density at radius 2 is 1.05 bits per heavy atom. The number of fused-ring (bicyclic) bond motifs is 2. The number of pyridine rings is 2. The van der Waals surface area contributed by atoms with Crippen molar-refractivity contribution in [2.24, 2.45) is 11.8 Å². The molecule has 4 fully saturated rings. The van der Waals surface area contributed by atoms with Crippen LogP contribution in [0.25, 0.3) is 44.3 Å². The summed E-state index contributed by atoms with van der Waals surface area (Å²) >= 11 is 0. The van der Waals surface area contributed by atoms with Gasteiger partial charge in [0.2, 0.25) is 0 Å². The summed E-state index contributed by atoms with van der Waals surface area (Å²) in [5.74, 6) is 1.52. The molecular formula is C55H66N8O3. The van der Waals surface area contributed by atoms with Gasteiger partial charge in [0.15, 0.2) is 5.78 Å². The number of nitrogens with zero attached hydrogens (tertiary/aromatic N) is 4. The largest absolute Gasteiger partial charge is 0.384 e. The summed E-state index contributed by atoms with van der Waals surface area (Å²) in [6.07, 6.45) is 9.88. The van der Waals surface area contributed by atoms with E-state index in [1.165, 1.54) is 38.5 Å². The molecule has 4 aliphatic heterocycles. The van der Waals surface area contributed by atoms with E-state index in [2.05, 4.69) is 116 Å². The lowest BCUT2D eigenvalue weighted by Gasteiger charge is -2.32. The van der Waals surface area contributed by atoms with Gasteiger partial charge in [0, 0.05) is 95.0 Å². The van der Waals surface area contributed by atoms with Gasteiger partial charge in [-0.25, -0.2) is 9.97 Å². The number of ketones is 1. The molecule has 0 amide bonds. The van der Waals surface area contributed by atoms with E-state index < -0.39 is 0 Å². The molecule has 66 heavy (non-hydrogen) atoms. The number of hydrogen-bond donors (Lipinski definition) is 4. The average molecular weight is 887 g/mol. The van der Waals surface area contributed by atoms with Gasteiger partial charge in [-0.1, -0.05) is 48.5 Å². The van der Waals surface area contributed by atoms with Crippen LogP contribution in [0.1, 0.15) is 67.3 Å². The maximum absolute atomic E-state index is 15.3. The van der Waals surface area contributed by atoms with Crippen LogP contribution in [0.2, 0.25) is 0 Å². The Hall–Kier alpha value is -5.59. The predicted molar refractivity (Wildman–Crippen MR) is 270 cm³/mol. The first kappa shape index (κ1) is 44.3. The Bertz CT molecular complexity index is 2420. The summed E-state index contributed by atoms with van der Waals surface area (Å²) in [7, 11) is 0. The van der Waals surface area contributed by atoms with Crippen molar-refractivity contribution < 1.29 is 14.3 Å². The van der Waals surface area contributed by atoms with E-state index in [-0.39, 0.29) is 5.78 Å². The Labute approximate surface area is 390 Å². The smallest absolute Gasteiger partial charge is 0.197 e. The van der Waals surface area contributed by atoms with Crippen LogP contribution in [0.4, 0.5) is 22.7 Å². The summed E-state index contributed by atoms with van der Waals surface area (Å²) in [6, 6.07) is 33.7. The zero-order valence-corrected chi connectivity index (χ0v) is 38.5. The third-order valence-electron chi connectivity index (χ3n) is 14.2. The lowest BCUT2D eigenvalue weighted by molar-refractivity contribution is 0.103. The molecule has 0 bridgehead atoms. The molecule has 4 saturated heterocycles. The van der Waals surface area contributed by atoms with E-state index in [1.54, 1.807) is 0 Å². The van der Waals surface area contributed by atoms with Crippen molar-refractivity contribution in [2.45, 2.75) is 51.4 Å².